The molecule has 8 heteroatoms. The average molecular weight is 424 g/mol. The number of amides is 1. The number of halogens is 1. The number of methoxy groups -OCH3 is 1. The van der Waals surface area contributed by atoms with Gasteiger partial charge in [0.15, 0.2) is 0 Å². The molecule has 162 valence electrons. The first-order chi connectivity index (χ1) is 14.9. The largest absolute Gasteiger partial charge is 0.464 e. The van der Waals surface area contributed by atoms with Crippen LogP contribution in [0.3, 0.4) is 0 Å². The van der Waals surface area contributed by atoms with Crippen LogP contribution in [-0.2, 0) is 22.6 Å². The first-order valence-electron chi connectivity index (χ1n) is 10.3. The van der Waals surface area contributed by atoms with E-state index in [0.717, 1.165) is 41.4 Å². The summed E-state index contributed by atoms with van der Waals surface area (Å²) in [6.07, 6.45) is 5.42. The lowest BCUT2D eigenvalue weighted by Gasteiger charge is -2.30. The van der Waals surface area contributed by atoms with Crippen molar-refractivity contribution in [2.75, 3.05) is 20.2 Å². The van der Waals surface area contributed by atoms with E-state index in [2.05, 4.69) is 9.88 Å². The van der Waals surface area contributed by atoms with E-state index in [1.54, 1.807) is 24.4 Å². The van der Waals surface area contributed by atoms with Crippen LogP contribution in [-0.4, -0.2) is 46.5 Å². The number of hydrogen-bond acceptors (Lipinski definition) is 5. The Labute approximate surface area is 179 Å². The summed E-state index contributed by atoms with van der Waals surface area (Å²) in [5, 5.41) is 0.902. The number of benzene rings is 1. The van der Waals surface area contributed by atoms with Crippen LogP contribution in [0.1, 0.15) is 34.5 Å². The molecule has 1 aliphatic rings. The molecule has 1 aromatic carbocycles. The van der Waals surface area contributed by atoms with Gasteiger partial charge in [-0.1, -0.05) is 12.1 Å². The predicted octanol–water partition coefficient (Wildman–Crippen LogP) is 2.71. The molecule has 1 saturated heterocycles. The minimum absolute atomic E-state index is 0.145. The average Bonchev–Trinajstić information content (AvgIpc) is 3.11. The van der Waals surface area contributed by atoms with Crippen LogP contribution in [0.15, 0.2) is 42.7 Å². The standard InChI is InChI=1S/C23H25FN4O3/c1-31-23(30)20-9-19-17(13-27-8-2-3-16(12-27)22(25)29)14-28(21(19)10-26-20)11-15-4-6-18(24)7-5-15/h4-7,9-10,14,16H,2-3,8,11-13H2,1H3,(H2,25,29)/t16-/m0/s1. The first-order valence-corrected chi connectivity index (χ1v) is 10.3. The molecule has 0 bridgehead atoms. The van der Waals surface area contributed by atoms with Gasteiger partial charge < -0.3 is 15.0 Å². The number of piperidine rings is 1. The number of ether oxygens (including phenoxy) is 1. The molecule has 1 amide bonds. The lowest BCUT2D eigenvalue weighted by atomic mass is 9.97. The number of nitrogens with zero attached hydrogens (tertiary/aromatic N) is 3. The summed E-state index contributed by atoms with van der Waals surface area (Å²) >= 11 is 0. The van der Waals surface area contributed by atoms with Gasteiger partial charge in [0.05, 0.1) is 24.7 Å². The molecule has 0 spiro atoms. The van der Waals surface area contributed by atoms with Crippen molar-refractivity contribution in [1.82, 2.24) is 14.5 Å². The van der Waals surface area contributed by atoms with Gasteiger partial charge in [0.1, 0.15) is 11.5 Å². The van der Waals surface area contributed by atoms with E-state index >= 15 is 0 Å². The zero-order chi connectivity index (χ0) is 22.0. The fraction of sp³-hybridized carbons (Fsp3) is 0.348. The Morgan fingerprint density at radius 1 is 1.26 bits per heavy atom. The first kappa shape index (κ1) is 21.0. The second-order valence-corrected chi connectivity index (χ2v) is 7.96. The molecule has 1 aliphatic heterocycles. The third-order valence-electron chi connectivity index (χ3n) is 5.81. The maximum absolute atomic E-state index is 13.3. The molecule has 31 heavy (non-hydrogen) atoms. The number of nitrogens with two attached hydrogens (primary N) is 1. The Balaban J connectivity index is 1.69. The van der Waals surface area contributed by atoms with E-state index in [1.165, 1.54) is 19.2 Å². The number of rotatable bonds is 6. The smallest absolute Gasteiger partial charge is 0.356 e. The van der Waals surface area contributed by atoms with Gasteiger partial charge in [0.2, 0.25) is 5.91 Å². The Morgan fingerprint density at radius 3 is 2.74 bits per heavy atom. The number of esters is 1. The van der Waals surface area contributed by atoms with Gasteiger partial charge in [0, 0.05) is 31.2 Å². The summed E-state index contributed by atoms with van der Waals surface area (Å²) < 4.78 is 20.2. The van der Waals surface area contributed by atoms with Crippen LogP contribution in [0.4, 0.5) is 4.39 Å². The van der Waals surface area contributed by atoms with Crippen LogP contribution in [0.5, 0.6) is 0 Å². The van der Waals surface area contributed by atoms with Gasteiger partial charge >= 0.3 is 5.97 Å². The molecule has 1 fully saturated rings. The van der Waals surface area contributed by atoms with Gasteiger partial charge in [-0.2, -0.15) is 0 Å². The fourth-order valence-corrected chi connectivity index (χ4v) is 4.19. The fourth-order valence-electron chi connectivity index (χ4n) is 4.19. The SMILES string of the molecule is COC(=O)c1cc2c(CN3CCC[C@H](C(N)=O)C3)cn(Cc3ccc(F)cc3)c2cn1. The lowest BCUT2D eigenvalue weighted by molar-refractivity contribution is -0.123. The Kier molecular flexibility index (Phi) is 5.99. The highest BCUT2D eigenvalue weighted by Crippen LogP contribution is 2.26. The van der Waals surface area contributed by atoms with Gasteiger partial charge in [0.25, 0.3) is 0 Å². The number of carbonyl (C=O) groups excluding carboxylic acids is 2. The number of pyridine rings is 1. The highest BCUT2D eigenvalue weighted by atomic mass is 19.1. The zero-order valence-electron chi connectivity index (χ0n) is 17.4. The van der Waals surface area contributed by atoms with E-state index in [9.17, 15) is 14.0 Å². The number of hydrogen-bond donors (Lipinski definition) is 1. The number of aromatic nitrogens is 2. The molecule has 0 radical (unpaired) electrons. The van der Waals surface area contributed by atoms with Crippen LogP contribution < -0.4 is 5.73 Å². The van der Waals surface area contributed by atoms with Crippen LogP contribution in [0, 0.1) is 11.7 Å². The van der Waals surface area contributed by atoms with Crippen LogP contribution in [0.25, 0.3) is 10.9 Å². The maximum atomic E-state index is 13.3. The predicted molar refractivity (Wildman–Crippen MR) is 114 cm³/mol. The van der Waals surface area contributed by atoms with E-state index in [4.69, 9.17) is 10.5 Å². The Morgan fingerprint density at radius 2 is 2.03 bits per heavy atom. The molecule has 3 heterocycles. The van der Waals surface area contributed by atoms with Crippen molar-refractivity contribution < 1.29 is 18.7 Å². The van der Waals surface area contributed by atoms with Gasteiger partial charge in [-0.25, -0.2) is 14.2 Å². The topological polar surface area (TPSA) is 90.5 Å². The Hall–Kier alpha value is -3.26. The molecule has 4 rings (SSSR count). The molecular formula is C23H25FN4O3. The second kappa shape index (κ2) is 8.85. The van der Waals surface area contributed by atoms with E-state index in [-0.39, 0.29) is 23.3 Å². The molecule has 1 atom stereocenters. The van der Waals surface area contributed by atoms with Crippen molar-refractivity contribution in [3.63, 3.8) is 0 Å². The number of primary amides is 1. The van der Waals surface area contributed by atoms with Crippen LogP contribution >= 0.6 is 0 Å². The zero-order valence-corrected chi connectivity index (χ0v) is 17.4. The highest BCUT2D eigenvalue weighted by molar-refractivity contribution is 5.93. The van der Waals surface area contributed by atoms with Crippen LogP contribution in [0.2, 0.25) is 0 Å². The third-order valence-corrected chi connectivity index (χ3v) is 5.81. The maximum Gasteiger partial charge on any atom is 0.356 e. The van der Waals surface area contributed by atoms with Crippen molar-refractivity contribution in [1.29, 1.82) is 0 Å². The summed E-state index contributed by atoms with van der Waals surface area (Å²) in [7, 11) is 1.33. The van der Waals surface area contributed by atoms with Crippen molar-refractivity contribution in [2.24, 2.45) is 11.7 Å². The molecule has 2 aromatic heterocycles. The minimum atomic E-state index is -0.495. The van der Waals surface area contributed by atoms with Gasteiger partial charge in [-0.3, -0.25) is 9.69 Å². The third kappa shape index (κ3) is 4.59. The number of likely N-dealkylation sites (tertiary alicyclic amines) is 1. The Bertz CT molecular complexity index is 1110. The molecule has 0 aliphatic carbocycles. The monoisotopic (exact) mass is 424 g/mol. The highest BCUT2D eigenvalue weighted by Gasteiger charge is 2.25. The quantitative estimate of drug-likeness (QED) is 0.615. The van der Waals surface area contributed by atoms with E-state index in [1.807, 2.05) is 10.8 Å². The summed E-state index contributed by atoms with van der Waals surface area (Å²) in [5.41, 5.74) is 8.61. The van der Waals surface area contributed by atoms with Gasteiger partial charge in [-0.05, 0) is 48.7 Å². The molecule has 3 aromatic rings. The van der Waals surface area contributed by atoms with Crippen molar-refractivity contribution in [3.05, 3.63) is 65.4 Å². The van der Waals surface area contributed by atoms with Crippen molar-refractivity contribution in [2.45, 2.75) is 25.9 Å². The summed E-state index contributed by atoms with van der Waals surface area (Å²) in [6, 6.07) is 8.12. The van der Waals surface area contributed by atoms with Crippen molar-refractivity contribution >= 4 is 22.8 Å². The summed E-state index contributed by atoms with van der Waals surface area (Å²) in [5.74, 6) is -1.18. The normalized spacial score (nSPS) is 17.0. The molecular weight excluding hydrogens is 399 g/mol. The number of fused-ring (bicyclic) bond motifs is 1. The summed E-state index contributed by atoms with van der Waals surface area (Å²) in [6.45, 7) is 2.67. The molecule has 0 saturated carbocycles. The minimum Gasteiger partial charge on any atom is -0.464 e. The molecule has 0 unspecified atom stereocenters. The second-order valence-electron chi connectivity index (χ2n) is 7.96. The van der Waals surface area contributed by atoms with E-state index < -0.39 is 5.97 Å². The van der Waals surface area contributed by atoms with E-state index in [0.29, 0.717) is 19.6 Å². The summed E-state index contributed by atoms with van der Waals surface area (Å²) in [4.78, 5) is 30.1. The van der Waals surface area contributed by atoms with Crippen molar-refractivity contribution in [3.8, 4) is 0 Å². The molecule has 2 N–H and O–H groups in total. The number of carbonyl (C=O) groups is 2. The lowest BCUT2D eigenvalue weighted by Crippen LogP contribution is -2.40. The molecule has 7 nitrogen and oxygen atoms in total. The van der Waals surface area contributed by atoms with Gasteiger partial charge in [-0.15, -0.1) is 0 Å².